The van der Waals surface area contributed by atoms with E-state index in [1.807, 2.05) is 30.3 Å². The van der Waals surface area contributed by atoms with E-state index in [2.05, 4.69) is 33.9 Å². The van der Waals surface area contributed by atoms with Crippen molar-refractivity contribution >= 4 is 24.4 Å². The van der Waals surface area contributed by atoms with Gasteiger partial charge in [0.15, 0.2) is 14.6 Å². The van der Waals surface area contributed by atoms with Crippen molar-refractivity contribution in [2.75, 3.05) is 20.0 Å². The first-order chi connectivity index (χ1) is 14.7. The second kappa shape index (κ2) is 10.6. The van der Waals surface area contributed by atoms with Gasteiger partial charge in [-0.15, -0.1) is 0 Å². The molecule has 2 rings (SSSR count). The molecule has 1 saturated heterocycles. The molecule has 180 valence electrons. The van der Waals surface area contributed by atoms with Gasteiger partial charge in [-0.3, -0.25) is 4.18 Å². The van der Waals surface area contributed by atoms with Gasteiger partial charge in [-0.05, 0) is 24.2 Å². The number of ether oxygens (including phenoxy) is 3. The van der Waals surface area contributed by atoms with E-state index in [0.29, 0.717) is 0 Å². The average Bonchev–Trinajstić information content (AvgIpc) is 2.69. The van der Waals surface area contributed by atoms with Crippen molar-refractivity contribution in [2.24, 2.45) is 0 Å². The highest BCUT2D eigenvalue weighted by Crippen LogP contribution is 2.39. The molecular weight excluding hydrogens is 452 g/mol. The van der Waals surface area contributed by atoms with Crippen LogP contribution in [-0.2, 0) is 37.7 Å². The van der Waals surface area contributed by atoms with Crippen molar-refractivity contribution in [1.29, 1.82) is 0 Å². The molecule has 0 spiro atoms. The molecule has 0 aliphatic carbocycles. The first-order valence-electron chi connectivity index (χ1n) is 10.4. The van der Waals surface area contributed by atoms with E-state index in [1.165, 1.54) is 13.2 Å². The summed E-state index contributed by atoms with van der Waals surface area (Å²) < 4.78 is 52.4. The molecule has 0 aromatic heterocycles. The summed E-state index contributed by atoms with van der Waals surface area (Å²) in [6, 6.07) is 9.30. The van der Waals surface area contributed by atoms with Gasteiger partial charge < -0.3 is 18.6 Å². The van der Waals surface area contributed by atoms with Crippen molar-refractivity contribution in [3.05, 3.63) is 48.0 Å². The second-order valence-electron chi connectivity index (χ2n) is 9.24. The Morgan fingerprint density at radius 2 is 1.84 bits per heavy atom. The number of carbonyl (C=O) groups excluding carboxylic acids is 1. The van der Waals surface area contributed by atoms with E-state index in [9.17, 15) is 13.2 Å². The Kier molecular flexibility index (Phi) is 8.82. The molecular formula is C22H34O8SSi. The van der Waals surface area contributed by atoms with Crippen LogP contribution in [0.3, 0.4) is 0 Å². The molecule has 1 heterocycles. The van der Waals surface area contributed by atoms with Gasteiger partial charge in [0, 0.05) is 11.6 Å². The lowest BCUT2D eigenvalue weighted by atomic mass is 10.1. The monoisotopic (exact) mass is 486 g/mol. The Balaban J connectivity index is 2.45. The Hall–Kier alpha value is -1.56. The topological polar surface area (TPSA) is 97.4 Å². The molecule has 1 aliphatic rings. The van der Waals surface area contributed by atoms with Crippen LogP contribution in [0, 0.1) is 0 Å². The lowest BCUT2D eigenvalue weighted by molar-refractivity contribution is -0.264. The smallest absolute Gasteiger partial charge is 0.330 e. The van der Waals surface area contributed by atoms with Crippen molar-refractivity contribution in [3.63, 3.8) is 0 Å². The first-order valence-corrected chi connectivity index (χ1v) is 15.1. The Bertz CT molecular complexity index is 892. The quantitative estimate of drug-likeness (QED) is 0.238. The van der Waals surface area contributed by atoms with Crippen LogP contribution in [0.1, 0.15) is 32.6 Å². The molecule has 1 aliphatic heterocycles. The molecule has 32 heavy (non-hydrogen) atoms. The summed E-state index contributed by atoms with van der Waals surface area (Å²) in [7, 11) is -4.87. The van der Waals surface area contributed by atoms with Gasteiger partial charge in [-0.25, -0.2) is 4.79 Å². The largest absolute Gasteiger partial charge is 0.466 e. The molecule has 2 unspecified atom stereocenters. The number of methoxy groups -OCH3 is 1. The maximum atomic E-state index is 11.9. The van der Waals surface area contributed by atoms with Crippen molar-refractivity contribution in [3.8, 4) is 0 Å². The molecule has 0 bridgehead atoms. The van der Waals surface area contributed by atoms with Gasteiger partial charge in [0.05, 0.1) is 26.1 Å². The minimum atomic E-state index is -3.80. The molecule has 0 radical (unpaired) electrons. The van der Waals surface area contributed by atoms with Crippen molar-refractivity contribution in [2.45, 2.75) is 63.5 Å². The van der Waals surface area contributed by atoms with Gasteiger partial charge in [-0.2, -0.15) is 8.42 Å². The zero-order valence-electron chi connectivity index (χ0n) is 19.7. The predicted octanol–water partition coefficient (Wildman–Crippen LogP) is 3.57. The summed E-state index contributed by atoms with van der Waals surface area (Å²) in [4.78, 5) is 11.8. The van der Waals surface area contributed by atoms with Crippen LogP contribution in [0.15, 0.2) is 42.5 Å². The van der Waals surface area contributed by atoms with E-state index < -0.39 is 49.0 Å². The molecule has 1 fully saturated rings. The summed E-state index contributed by atoms with van der Waals surface area (Å²) in [6.07, 6.45) is 0.464. The lowest BCUT2D eigenvalue weighted by Gasteiger charge is -2.44. The fraction of sp³-hybridized carbons (Fsp3) is 0.591. The molecule has 10 heteroatoms. The molecule has 0 N–H and O–H groups in total. The van der Waals surface area contributed by atoms with Crippen LogP contribution < -0.4 is 0 Å². The van der Waals surface area contributed by atoms with E-state index in [0.717, 1.165) is 11.8 Å². The van der Waals surface area contributed by atoms with Gasteiger partial charge in [0.25, 0.3) is 10.1 Å². The number of hydrogen-bond donors (Lipinski definition) is 0. The summed E-state index contributed by atoms with van der Waals surface area (Å²) in [5.41, 5.74) is 0.776. The number of carbonyl (C=O) groups is 1. The van der Waals surface area contributed by atoms with Gasteiger partial charge in [0.2, 0.25) is 0 Å². The van der Waals surface area contributed by atoms with E-state index in [1.54, 1.807) is 6.08 Å². The maximum absolute atomic E-state index is 11.9. The van der Waals surface area contributed by atoms with Crippen LogP contribution >= 0.6 is 0 Å². The molecule has 0 amide bonds. The minimum Gasteiger partial charge on any atom is -0.466 e. The Morgan fingerprint density at radius 1 is 1.22 bits per heavy atom. The zero-order valence-corrected chi connectivity index (χ0v) is 21.5. The third-order valence-electron chi connectivity index (χ3n) is 5.61. The van der Waals surface area contributed by atoms with Crippen LogP contribution in [0.4, 0.5) is 0 Å². The Labute approximate surface area is 192 Å². The molecule has 0 saturated carbocycles. The SMILES string of the molecule is COC(=O)/C=C/[C@H](O[Si](C)(C)C(C)(C)C)[C@@H]1OC(c2ccccc2)OCC1OS(C)(=O)=O. The van der Waals surface area contributed by atoms with Crippen LogP contribution in [0.25, 0.3) is 0 Å². The minimum absolute atomic E-state index is 0.0271. The van der Waals surface area contributed by atoms with Crippen LogP contribution in [-0.4, -0.2) is 61.0 Å². The summed E-state index contributed by atoms with van der Waals surface area (Å²) in [5, 5.41) is -0.137. The zero-order chi connectivity index (χ0) is 24.2. The number of hydrogen-bond acceptors (Lipinski definition) is 8. The lowest BCUT2D eigenvalue weighted by Crippen LogP contribution is -2.54. The van der Waals surface area contributed by atoms with Gasteiger partial charge in [-0.1, -0.05) is 51.1 Å². The summed E-state index contributed by atoms with van der Waals surface area (Å²) in [5.74, 6) is -0.555. The third kappa shape index (κ3) is 7.50. The summed E-state index contributed by atoms with van der Waals surface area (Å²) >= 11 is 0. The number of benzene rings is 1. The molecule has 8 nitrogen and oxygen atoms in total. The molecule has 4 atom stereocenters. The van der Waals surface area contributed by atoms with Gasteiger partial charge in [0.1, 0.15) is 12.2 Å². The summed E-state index contributed by atoms with van der Waals surface area (Å²) in [6.45, 7) is 10.4. The number of rotatable bonds is 8. The highest BCUT2D eigenvalue weighted by molar-refractivity contribution is 7.86. The predicted molar refractivity (Wildman–Crippen MR) is 123 cm³/mol. The fourth-order valence-electron chi connectivity index (χ4n) is 2.90. The highest BCUT2D eigenvalue weighted by atomic mass is 32.2. The standard InChI is InChI=1S/C22H34O8SSi/c1-22(2,3)32(6,7)30-17(13-14-19(23)26-4)20-18(29-31(5,24)25)15-27-21(28-20)16-11-9-8-10-12-16/h8-14,17-18,20-21H,15H2,1-7H3/b14-13+/t17-,18?,20-,21?/m0/s1. The highest BCUT2D eigenvalue weighted by Gasteiger charge is 2.45. The molecule has 1 aromatic carbocycles. The number of esters is 1. The van der Waals surface area contributed by atoms with Crippen LogP contribution in [0.2, 0.25) is 18.1 Å². The Morgan fingerprint density at radius 3 is 2.38 bits per heavy atom. The van der Waals surface area contributed by atoms with Crippen molar-refractivity contribution in [1.82, 2.24) is 0 Å². The van der Waals surface area contributed by atoms with E-state index in [-0.39, 0.29) is 11.6 Å². The van der Waals surface area contributed by atoms with Crippen LogP contribution in [0.5, 0.6) is 0 Å². The van der Waals surface area contributed by atoms with Gasteiger partial charge >= 0.3 is 5.97 Å². The first kappa shape index (κ1) is 26.7. The maximum Gasteiger partial charge on any atom is 0.330 e. The molecule has 1 aromatic rings. The second-order valence-corrected chi connectivity index (χ2v) is 15.6. The normalized spacial score (nSPS) is 23.8. The van der Waals surface area contributed by atoms with E-state index in [4.69, 9.17) is 22.8 Å². The third-order valence-corrected chi connectivity index (χ3v) is 10.7. The fourth-order valence-corrected chi connectivity index (χ4v) is 4.76. The average molecular weight is 487 g/mol. The van der Waals surface area contributed by atoms with Crippen molar-refractivity contribution < 1.29 is 36.0 Å². The van der Waals surface area contributed by atoms with E-state index >= 15 is 0 Å².